The first-order valence-electron chi connectivity index (χ1n) is 5.16. The molecule has 0 bridgehead atoms. The van der Waals surface area contributed by atoms with Crippen molar-refractivity contribution >= 4 is 21.6 Å². The molecule has 0 atom stereocenters. The van der Waals surface area contributed by atoms with Crippen molar-refractivity contribution in [2.24, 2.45) is 5.73 Å². The molecule has 0 fully saturated rings. The van der Waals surface area contributed by atoms with Gasteiger partial charge in [0.2, 0.25) is 0 Å². The fourth-order valence-corrected chi connectivity index (χ4v) is 2.26. The van der Waals surface area contributed by atoms with E-state index in [9.17, 15) is 0 Å². The Labute approximate surface area is 94.1 Å². The van der Waals surface area contributed by atoms with Gasteiger partial charge < -0.3 is 5.73 Å². The summed E-state index contributed by atoms with van der Waals surface area (Å²) >= 11 is 1.69. The van der Waals surface area contributed by atoms with Gasteiger partial charge in [-0.15, -0.1) is 11.3 Å². The molecule has 2 N–H and O–H groups in total. The Morgan fingerprint density at radius 3 is 2.93 bits per heavy atom. The second-order valence-electron chi connectivity index (χ2n) is 4.64. The number of nitrogens with two attached hydrogens (primary N) is 1. The summed E-state index contributed by atoms with van der Waals surface area (Å²) in [6, 6.07) is 6.46. The molecule has 2 nitrogen and oxygen atoms in total. The number of hydrogen-bond donors (Lipinski definition) is 1. The number of nitrogens with zero attached hydrogens (tertiary/aromatic N) is 1. The number of hydrogen-bond acceptors (Lipinski definition) is 3. The van der Waals surface area contributed by atoms with Gasteiger partial charge in [-0.2, -0.15) is 0 Å². The van der Waals surface area contributed by atoms with Gasteiger partial charge in [0.25, 0.3) is 0 Å². The number of aryl methyl sites for hydroxylation is 1. The largest absolute Gasteiger partial charge is 0.326 e. The number of rotatable bonds is 3. The summed E-state index contributed by atoms with van der Waals surface area (Å²) in [6.45, 7) is 4.14. The van der Waals surface area contributed by atoms with Gasteiger partial charge in [0.05, 0.1) is 15.7 Å². The van der Waals surface area contributed by atoms with Gasteiger partial charge in [-0.05, 0) is 44.4 Å². The van der Waals surface area contributed by atoms with Gasteiger partial charge in [0.1, 0.15) is 0 Å². The lowest BCUT2D eigenvalue weighted by Crippen LogP contribution is -2.32. The third kappa shape index (κ3) is 2.76. The topological polar surface area (TPSA) is 38.9 Å². The van der Waals surface area contributed by atoms with Crippen LogP contribution in [0.5, 0.6) is 0 Å². The van der Waals surface area contributed by atoms with Crippen LogP contribution in [0.25, 0.3) is 10.2 Å². The lowest BCUT2D eigenvalue weighted by Gasteiger charge is -2.17. The highest BCUT2D eigenvalue weighted by atomic mass is 32.1. The summed E-state index contributed by atoms with van der Waals surface area (Å²) in [7, 11) is 0. The molecule has 1 heterocycles. The molecule has 1 aromatic carbocycles. The van der Waals surface area contributed by atoms with Crippen molar-refractivity contribution in [2.75, 3.05) is 0 Å². The zero-order valence-corrected chi connectivity index (χ0v) is 9.97. The van der Waals surface area contributed by atoms with Crippen LogP contribution in [0, 0.1) is 0 Å². The van der Waals surface area contributed by atoms with Gasteiger partial charge in [0.15, 0.2) is 0 Å². The van der Waals surface area contributed by atoms with Crippen LogP contribution in [0.4, 0.5) is 0 Å². The van der Waals surface area contributed by atoms with Crippen molar-refractivity contribution < 1.29 is 0 Å². The molecule has 1 aromatic heterocycles. The highest BCUT2D eigenvalue weighted by Crippen LogP contribution is 2.20. The van der Waals surface area contributed by atoms with Crippen LogP contribution in [0.1, 0.15) is 25.8 Å². The molecule has 0 saturated heterocycles. The van der Waals surface area contributed by atoms with E-state index in [1.807, 2.05) is 5.51 Å². The molecule has 80 valence electrons. The van der Waals surface area contributed by atoms with Crippen molar-refractivity contribution in [1.29, 1.82) is 0 Å². The highest BCUT2D eigenvalue weighted by molar-refractivity contribution is 7.16. The zero-order chi connectivity index (χ0) is 10.9. The van der Waals surface area contributed by atoms with Gasteiger partial charge >= 0.3 is 0 Å². The van der Waals surface area contributed by atoms with Gasteiger partial charge in [0, 0.05) is 5.54 Å². The van der Waals surface area contributed by atoms with E-state index >= 15 is 0 Å². The highest BCUT2D eigenvalue weighted by Gasteiger charge is 2.10. The lowest BCUT2D eigenvalue weighted by atomic mass is 9.97. The number of thiazole rings is 1. The molecule has 0 aliphatic rings. The predicted octanol–water partition coefficient (Wildman–Crippen LogP) is 2.97. The standard InChI is InChI=1S/C12H16N2S/c1-12(2,13)6-5-9-3-4-10-11(7-9)15-8-14-10/h3-4,7-8H,5-6,13H2,1-2H3. The second kappa shape index (κ2) is 3.91. The van der Waals surface area contributed by atoms with E-state index in [1.165, 1.54) is 10.3 Å². The van der Waals surface area contributed by atoms with Crippen LogP contribution in [0.2, 0.25) is 0 Å². The molecule has 2 aromatic rings. The maximum absolute atomic E-state index is 5.97. The normalized spacial score (nSPS) is 12.2. The molecule has 15 heavy (non-hydrogen) atoms. The summed E-state index contributed by atoms with van der Waals surface area (Å²) < 4.78 is 1.27. The van der Waals surface area contributed by atoms with Crippen LogP contribution < -0.4 is 5.73 Å². The third-order valence-electron chi connectivity index (χ3n) is 2.45. The smallest absolute Gasteiger partial charge is 0.0812 e. The van der Waals surface area contributed by atoms with Crippen LogP contribution in [0.3, 0.4) is 0 Å². The summed E-state index contributed by atoms with van der Waals surface area (Å²) in [5.41, 5.74) is 10.2. The Morgan fingerprint density at radius 1 is 1.40 bits per heavy atom. The first-order chi connectivity index (χ1) is 7.04. The number of fused-ring (bicyclic) bond motifs is 1. The quantitative estimate of drug-likeness (QED) is 0.863. The first kappa shape index (κ1) is 10.6. The molecular formula is C12H16N2S. The molecule has 0 aliphatic carbocycles. The third-order valence-corrected chi connectivity index (χ3v) is 3.25. The molecule has 0 amide bonds. The molecule has 0 unspecified atom stereocenters. The van der Waals surface area contributed by atoms with E-state index in [2.05, 4.69) is 37.0 Å². The molecule has 3 heteroatoms. The van der Waals surface area contributed by atoms with Crippen molar-refractivity contribution in [1.82, 2.24) is 4.98 Å². The van der Waals surface area contributed by atoms with E-state index < -0.39 is 0 Å². The molecular weight excluding hydrogens is 204 g/mol. The maximum atomic E-state index is 5.97. The zero-order valence-electron chi connectivity index (χ0n) is 9.16. The molecule has 0 aliphatic heterocycles. The minimum Gasteiger partial charge on any atom is -0.326 e. The molecule has 0 radical (unpaired) electrons. The monoisotopic (exact) mass is 220 g/mol. The lowest BCUT2D eigenvalue weighted by molar-refractivity contribution is 0.477. The summed E-state index contributed by atoms with van der Waals surface area (Å²) in [4.78, 5) is 4.26. The van der Waals surface area contributed by atoms with Crippen LogP contribution in [-0.4, -0.2) is 10.5 Å². The average molecular weight is 220 g/mol. The average Bonchev–Trinajstić information content (AvgIpc) is 2.60. The summed E-state index contributed by atoms with van der Waals surface area (Å²) in [6.07, 6.45) is 2.05. The molecule has 0 spiro atoms. The number of benzene rings is 1. The van der Waals surface area contributed by atoms with Gasteiger partial charge in [-0.3, -0.25) is 0 Å². The Bertz CT molecular complexity index is 454. The van der Waals surface area contributed by atoms with E-state index in [0.717, 1.165) is 18.4 Å². The summed E-state index contributed by atoms with van der Waals surface area (Å²) in [5.74, 6) is 0. The van der Waals surface area contributed by atoms with Crippen LogP contribution >= 0.6 is 11.3 Å². The van der Waals surface area contributed by atoms with E-state index in [0.29, 0.717) is 0 Å². The molecule has 2 rings (SSSR count). The van der Waals surface area contributed by atoms with Gasteiger partial charge in [-0.25, -0.2) is 4.98 Å². The van der Waals surface area contributed by atoms with E-state index in [-0.39, 0.29) is 5.54 Å². The SMILES string of the molecule is CC(C)(N)CCc1ccc2ncsc2c1. The summed E-state index contributed by atoms with van der Waals surface area (Å²) in [5, 5.41) is 0. The van der Waals surface area contributed by atoms with Crippen molar-refractivity contribution in [3.63, 3.8) is 0 Å². The Kier molecular flexibility index (Phi) is 2.76. The fourth-order valence-electron chi connectivity index (χ4n) is 1.52. The van der Waals surface area contributed by atoms with E-state index in [4.69, 9.17) is 5.73 Å². The Hall–Kier alpha value is -0.930. The first-order valence-corrected chi connectivity index (χ1v) is 6.04. The minimum absolute atomic E-state index is 0.0807. The van der Waals surface area contributed by atoms with Crippen molar-refractivity contribution in [2.45, 2.75) is 32.2 Å². The van der Waals surface area contributed by atoms with E-state index in [1.54, 1.807) is 11.3 Å². The predicted molar refractivity (Wildman–Crippen MR) is 66.2 cm³/mol. The number of aromatic nitrogens is 1. The van der Waals surface area contributed by atoms with Crippen LogP contribution in [-0.2, 0) is 6.42 Å². The van der Waals surface area contributed by atoms with Gasteiger partial charge in [-0.1, -0.05) is 6.07 Å². The Balaban J connectivity index is 2.15. The Morgan fingerprint density at radius 2 is 2.20 bits per heavy atom. The van der Waals surface area contributed by atoms with Crippen molar-refractivity contribution in [3.05, 3.63) is 29.3 Å². The fraction of sp³-hybridized carbons (Fsp3) is 0.417. The maximum Gasteiger partial charge on any atom is 0.0812 e. The second-order valence-corrected chi connectivity index (χ2v) is 5.53. The van der Waals surface area contributed by atoms with Crippen LogP contribution in [0.15, 0.2) is 23.7 Å². The molecule has 0 saturated carbocycles. The minimum atomic E-state index is -0.0807. The van der Waals surface area contributed by atoms with Crippen molar-refractivity contribution in [3.8, 4) is 0 Å².